The summed E-state index contributed by atoms with van der Waals surface area (Å²) >= 11 is 0. The van der Waals surface area contributed by atoms with Crippen LogP contribution in [-0.2, 0) is 6.54 Å². The zero-order valence-electron chi connectivity index (χ0n) is 20.0. The predicted molar refractivity (Wildman–Crippen MR) is 136 cm³/mol. The van der Waals surface area contributed by atoms with Crippen LogP contribution in [0.1, 0.15) is 15.9 Å². The molecule has 0 spiro atoms. The molecule has 0 aliphatic carbocycles. The molecule has 7 heteroatoms. The maximum Gasteiger partial charge on any atom is 0.253 e. The highest BCUT2D eigenvalue weighted by molar-refractivity contribution is 5.96. The Labute approximate surface area is 200 Å². The number of nitrogens with zero attached hydrogens (tertiary/aromatic N) is 5. The quantitative estimate of drug-likeness (QED) is 0.498. The van der Waals surface area contributed by atoms with Gasteiger partial charge in [-0.1, -0.05) is 36.4 Å². The van der Waals surface area contributed by atoms with Crippen molar-refractivity contribution >= 4 is 17.1 Å². The minimum atomic E-state index is -0.0105. The van der Waals surface area contributed by atoms with Crippen molar-refractivity contribution in [3.8, 4) is 22.4 Å². The summed E-state index contributed by atoms with van der Waals surface area (Å²) in [6, 6.07) is 16.3. The molecular weight excluding hydrogens is 424 g/mol. The predicted octanol–water partition coefficient (Wildman–Crippen LogP) is 3.74. The van der Waals surface area contributed by atoms with Crippen LogP contribution < -0.4 is 0 Å². The number of hydrogen-bond acceptors (Lipinski definition) is 5. The Morgan fingerprint density at radius 2 is 1.65 bits per heavy atom. The van der Waals surface area contributed by atoms with Gasteiger partial charge in [0.2, 0.25) is 0 Å². The molecule has 1 fully saturated rings. The first-order chi connectivity index (χ1) is 16.5. The number of amides is 1. The Morgan fingerprint density at radius 1 is 0.971 bits per heavy atom. The van der Waals surface area contributed by atoms with Crippen LogP contribution in [0.25, 0.3) is 33.5 Å². The summed E-state index contributed by atoms with van der Waals surface area (Å²) in [7, 11) is 5.69. The summed E-state index contributed by atoms with van der Waals surface area (Å²) in [5.74, 6) is -0.0105. The molecule has 0 bridgehead atoms. The standard InChI is InChI=1S/C27H30N6O/c1-31(2)27(34)22-10-8-20(9-11-22)23-16-28-26-25(23)30-24(17-29-26)21-6-4-19(5-7-21)18-33-14-12-32(3)13-15-33/h4-11,16-17H,12-15,18H2,1-3H3,(H,28,29). The Morgan fingerprint density at radius 3 is 2.32 bits per heavy atom. The van der Waals surface area contributed by atoms with Crippen LogP contribution in [-0.4, -0.2) is 82.9 Å². The number of hydrogen-bond donors (Lipinski definition) is 1. The first-order valence-electron chi connectivity index (χ1n) is 11.6. The van der Waals surface area contributed by atoms with Crippen molar-refractivity contribution in [2.45, 2.75) is 6.54 Å². The number of likely N-dealkylation sites (N-methyl/N-ethyl adjacent to an activating group) is 1. The molecule has 4 aromatic rings. The number of nitrogens with one attached hydrogen (secondary N) is 1. The topological polar surface area (TPSA) is 68.4 Å². The van der Waals surface area contributed by atoms with E-state index in [4.69, 9.17) is 4.98 Å². The molecule has 0 radical (unpaired) electrons. The van der Waals surface area contributed by atoms with E-state index >= 15 is 0 Å². The second-order valence-electron chi connectivity index (χ2n) is 9.21. The van der Waals surface area contributed by atoms with E-state index in [-0.39, 0.29) is 5.91 Å². The fraction of sp³-hybridized carbons (Fsp3) is 0.296. The van der Waals surface area contributed by atoms with E-state index in [1.807, 2.05) is 36.7 Å². The third kappa shape index (κ3) is 4.58. The molecule has 3 heterocycles. The summed E-state index contributed by atoms with van der Waals surface area (Å²) in [4.78, 5) is 31.4. The van der Waals surface area contributed by atoms with Gasteiger partial charge in [0.1, 0.15) is 5.52 Å². The molecule has 1 N–H and O–H groups in total. The lowest BCUT2D eigenvalue weighted by Gasteiger charge is -2.32. The Balaban J connectivity index is 1.37. The van der Waals surface area contributed by atoms with Crippen molar-refractivity contribution in [1.29, 1.82) is 0 Å². The molecule has 0 unspecified atom stereocenters. The highest BCUT2D eigenvalue weighted by Gasteiger charge is 2.15. The van der Waals surface area contributed by atoms with Crippen LogP contribution in [0.4, 0.5) is 0 Å². The van der Waals surface area contributed by atoms with Crippen LogP contribution >= 0.6 is 0 Å². The van der Waals surface area contributed by atoms with E-state index in [0.717, 1.165) is 66.3 Å². The third-order valence-corrected chi connectivity index (χ3v) is 6.48. The van der Waals surface area contributed by atoms with E-state index in [1.54, 1.807) is 19.0 Å². The lowest BCUT2D eigenvalue weighted by atomic mass is 10.0. The van der Waals surface area contributed by atoms with Crippen molar-refractivity contribution in [2.24, 2.45) is 0 Å². The lowest BCUT2D eigenvalue weighted by molar-refractivity contribution is 0.0827. The number of carbonyl (C=O) groups is 1. The van der Waals surface area contributed by atoms with Crippen molar-refractivity contribution in [3.63, 3.8) is 0 Å². The summed E-state index contributed by atoms with van der Waals surface area (Å²) < 4.78 is 0. The summed E-state index contributed by atoms with van der Waals surface area (Å²) in [5, 5.41) is 0. The van der Waals surface area contributed by atoms with Gasteiger partial charge >= 0.3 is 0 Å². The van der Waals surface area contributed by atoms with Crippen LogP contribution in [0, 0.1) is 0 Å². The molecule has 5 rings (SSSR count). The number of H-pyrrole nitrogens is 1. The number of benzene rings is 2. The van der Waals surface area contributed by atoms with Crippen molar-refractivity contribution < 1.29 is 4.79 Å². The van der Waals surface area contributed by atoms with Crippen LogP contribution in [0.5, 0.6) is 0 Å². The van der Waals surface area contributed by atoms with Gasteiger partial charge in [-0.15, -0.1) is 0 Å². The highest BCUT2D eigenvalue weighted by Crippen LogP contribution is 2.29. The molecular formula is C27H30N6O. The van der Waals surface area contributed by atoms with Crippen molar-refractivity contribution in [1.82, 2.24) is 29.7 Å². The lowest BCUT2D eigenvalue weighted by Crippen LogP contribution is -2.43. The Hall–Kier alpha value is -3.55. The van der Waals surface area contributed by atoms with Gasteiger partial charge in [0.05, 0.1) is 11.9 Å². The molecule has 2 aromatic heterocycles. The van der Waals surface area contributed by atoms with Gasteiger partial charge in [-0.2, -0.15) is 0 Å². The zero-order chi connectivity index (χ0) is 23.7. The molecule has 34 heavy (non-hydrogen) atoms. The Bertz CT molecular complexity index is 1290. The van der Waals surface area contributed by atoms with Crippen LogP contribution in [0.15, 0.2) is 60.9 Å². The molecule has 0 atom stereocenters. The molecule has 1 saturated heterocycles. The van der Waals surface area contributed by atoms with E-state index in [0.29, 0.717) is 5.56 Å². The minimum absolute atomic E-state index is 0.0105. The zero-order valence-corrected chi connectivity index (χ0v) is 20.0. The fourth-order valence-corrected chi connectivity index (χ4v) is 4.35. The summed E-state index contributed by atoms with van der Waals surface area (Å²) in [5.41, 5.74) is 7.42. The van der Waals surface area contributed by atoms with Crippen molar-refractivity contribution in [3.05, 3.63) is 72.1 Å². The Kier molecular flexibility index (Phi) is 6.13. The highest BCUT2D eigenvalue weighted by atomic mass is 16.2. The van der Waals surface area contributed by atoms with E-state index in [9.17, 15) is 4.79 Å². The molecule has 1 aliphatic rings. The minimum Gasteiger partial charge on any atom is -0.345 e. The largest absolute Gasteiger partial charge is 0.345 e. The number of fused-ring (bicyclic) bond motifs is 1. The number of carbonyl (C=O) groups excluding carboxylic acids is 1. The van der Waals surface area contributed by atoms with Gasteiger partial charge in [0.25, 0.3) is 5.91 Å². The van der Waals surface area contributed by atoms with E-state index in [1.165, 1.54) is 5.56 Å². The van der Waals surface area contributed by atoms with E-state index < -0.39 is 0 Å². The fourth-order valence-electron chi connectivity index (χ4n) is 4.35. The molecule has 174 valence electrons. The average molecular weight is 455 g/mol. The number of piperazine rings is 1. The first-order valence-corrected chi connectivity index (χ1v) is 11.6. The van der Waals surface area contributed by atoms with Gasteiger partial charge in [-0.05, 0) is 30.3 Å². The normalized spacial score (nSPS) is 15.0. The van der Waals surface area contributed by atoms with Gasteiger partial charge in [0, 0.05) is 69.7 Å². The molecule has 2 aromatic carbocycles. The molecule has 1 aliphatic heterocycles. The van der Waals surface area contributed by atoms with Gasteiger partial charge in [-0.3, -0.25) is 9.69 Å². The number of rotatable bonds is 5. The average Bonchev–Trinajstić information content (AvgIpc) is 3.29. The van der Waals surface area contributed by atoms with Gasteiger partial charge in [-0.25, -0.2) is 9.97 Å². The monoisotopic (exact) mass is 454 g/mol. The third-order valence-electron chi connectivity index (χ3n) is 6.48. The first kappa shape index (κ1) is 22.3. The van der Waals surface area contributed by atoms with Gasteiger partial charge in [0.15, 0.2) is 5.65 Å². The summed E-state index contributed by atoms with van der Waals surface area (Å²) in [6.07, 6.45) is 3.74. The summed E-state index contributed by atoms with van der Waals surface area (Å²) in [6.45, 7) is 5.46. The maximum atomic E-state index is 12.2. The van der Waals surface area contributed by atoms with Crippen molar-refractivity contribution in [2.75, 3.05) is 47.3 Å². The SMILES string of the molecule is CN1CCN(Cc2ccc(-c3cnc4[nH]cc(-c5ccc(C(=O)N(C)C)cc5)c4n3)cc2)CC1. The van der Waals surface area contributed by atoms with Gasteiger partial charge < -0.3 is 14.8 Å². The smallest absolute Gasteiger partial charge is 0.253 e. The second-order valence-corrected chi connectivity index (χ2v) is 9.21. The number of aromatic nitrogens is 3. The van der Waals surface area contributed by atoms with E-state index in [2.05, 4.69) is 51.1 Å². The van der Waals surface area contributed by atoms with Crippen LogP contribution in [0.3, 0.4) is 0 Å². The molecule has 7 nitrogen and oxygen atoms in total. The second kappa shape index (κ2) is 9.37. The number of aromatic amines is 1. The van der Waals surface area contributed by atoms with Crippen LogP contribution in [0.2, 0.25) is 0 Å². The molecule has 1 amide bonds. The molecule has 0 saturated carbocycles. The maximum absolute atomic E-state index is 12.2.